The molecule has 1 aliphatic carbocycles. The molecular formula is C14H21NO2. The maximum atomic E-state index is 9.57. The second-order valence-corrected chi connectivity index (χ2v) is 5.28. The van der Waals surface area contributed by atoms with Gasteiger partial charge in [0.05, 0.1) is 6.10 Å². The molecule has 1 saturated carbocycles. The quantitative estimate of drug-likeness (QED) is 0.748. The number of rotatable bonds is 3. The summed E-state index contributed by atoms with van der Waals surface area (Å²) in [6.45, 7) is 0.648. The molecule has 0 spiro atoms. The molecule has 0 unspecified atom stereocenters. The minimum atomic E-state index is -0.154. The summed E-state index contributed by atoms with van der Waals surface area (Å²) < 4.78 is 0. The third-order valence-electron chi connectivity index (χ3n) is 3.94. The van der Waals surface area contributed by atoms with E-state index in [2.05, 4.69) is 0 Å². The molecule has 0 aliphatic heterocycles. The van der Waals surface area contributed by atoms with E-state index in [0.29, 0.717) is 12.3 Å². The zero-order valence-corrected chi connectivity index (χ0v) is 10.1. The van der Waals surface area contributed by atoms with Gasteiger partial charge in [0.1, 0.15) is 5.75 Å². The molecule has 1 fully saturated rings. The Morgan fingerprint density at radius 2 is 2.00 bits per heavy atom. The van der Waals surface area contributed by atoms with Crippen molar-refractivity contribution in [2.24, 2.45) is 11.1 Å². The van der Waals surface area contributed by atoms with E-state index in [1.807, 2.05) is 18.2 Å². The summed E-state index contributed by atoms with van der Waals surface area (Å²) in [7, 11) is 0. The number of benzene rings is 1. The van der Waals surface area contributed by atoms with E-state index in [9.17, 15) is 10.2 Å². The van der Waals surface area contributed by atoms with Gasteiger partial charge in [-0.3, -0.25) is 0 Å². The first-order chi connectivity index (χ1) is 8.13. The minimum Gasteiger partial charge on any atom is -0.508 e. The number of phenolic OH excluding ortho intramolecular Hbond substituents is 1. The van der Waals surface area contributed by atoms with Gasteiger partial charge in [-0.15, -0.1) is 0 Å². The highest BCUT2D eigenvalue weighted by Crippen LogP contribution is 2.38. The smallest absolute Gasteiger partial charge is 0.115 e. The Kier molecular flexibility index (Phi) is 3.69. The Balaban J connectivity index is 2.09. The van der Waals surface area contributed by atoms with Gasteiger partial charge in [0.2, 0.25) is 0 Å². The third-order valence-corrected chi connectivity index (χ3v) is 3.94. The molecule has 0 saturated heterocycles. The highest BCUT2D eigenvalue weighted by molar-refractivity contribution is 5.28. The Hall–Kier alpha value is -1.06. The van der Waals surface area contributed by atoms with Gasteiger partial charge in [0.25, 0.3) is 0 Å². The van der Waals surface area contributed by atoms with Gasteiger partial charge in [-0.2, -0.15) is 0 Å². The number of nitrogens with two attached hydrogens (primary N) is 1. The number of hydrogen-bond donors (Lipinski definition) is 3. The minimum absolute atomic E-state index is 0.104. The van der Waals surface area contributed by atoms with Crippen LogP contribution in [0.15, 0.2) is 24.3 Å². The Labute approximate surface area is 102 Å². The Morgan fingerprint density at radius 1 is 1.29 bits per heavy atom. The second-order valence-electron chi connectivity index (χ2n) is 5.28. The molecule has 0 atom stereocenters. The van der Waals surface area contributed by atoms with Gasteiger partial charge >= 0.3 is 0 Å². The molecule has 4 N–H and O–H groups in total. The predicted octanol–water partition coefficient (Wildman–Crippen LogP) is 1.81. The Bertz CT molecular complexity index is 370. The molecule has 0 heterocycles. The molecule has 0 bridgehead atoms. The fourth-order valence-electron chi connectivity index (χ4n) is 2.77. The summed E-state index contributed by atoms with van der Waals surface area (Å²) in [4.78, 5) is 0. The van der Waals surface area contributed by atoms with Crippen LogP contribution >= 0.6 is 0 Å². The third kappa shape index (κ3) is 2.99. The van der Waals surface area contributed by atoms with Crippen LogP contribution in [-0.2, 0) is 6.42 Å². The molecule has 0 radical (unpaired) electrons. The molecule has 0 amide bonds. The van der Waals surface area contributed by atoms with E-state index in [0.717, 1.165) is 37.7 Å². The van der Waals surface area contributed by atoms with E-state index in [1.54, 1.807) is 6.07 Å². The summed E-state index contributed by atoms with van der Waals surface area (Å²) in [5.41, 5.74) is 7.16. The van der Waals surface area contributed by atoms with Crippen LogP contribution in [-0.4, -0.2) is 22.9 Å². The Morgan fingerprint density at radius 3 is 2.59 bits per heavy atom. The van der Waals surface area contributed by atoms with Gasteiger partial charge in [0, 0.05) is 0 Å². The van der Waals surface area contributed by atoms with Crippen LogP contribution in [0.2, 0.25) is 0 Å². The van der Waals surface area contributed by atoms with Crippen molar-refractivity contribution in [2.45, 2.75) is 38.2 Å². The lowest BCUT2D eigenvalue weighted by atomic mass is 9.69. The number of aliphatic hydroxyl groups is 1. The van der Waals surface area contributed by atoms with Gasteiger partial charge in [0.15, 0.2) is 0 Å². The van der Waals surface area contributed by atoms with Crippen molar-refractivity contribution in [2.75, 3.05) is 6.54 Å². The molecule has 3 nitrogen and oxygen atoms in total. The van der Waals surface area contributed by atoms with Crippen LogP contribution in [0, 0.1) is 5.41 Å². The summed E-state index contributed by atoms with van der Waals surface area (Å²) in [5.74, 6) is 0.311. The lowest BCUT2D eigenvalue weighted by molar-refractivity contribution is 0.0665. The van der Waals surface area contributed by atoms with E-state index >= 15 is 0 Å². The van der Waals surface area contributed by atoms with Crippen molar-refractivity contribution in [1.82, 2.24) is 0 Å². The average molecular weight is 235 g/mol. The first kappa shape index (κ1) is 12.4. The van der Waals surface area contributed by atoms with Crippen LogP contribution < -0.4 is 5.73 Å². The first-order valence-corrected chi connectivity index (χ1v) is 6.30. The van der Waals surface area contributed by atoms with Gasteiger partial charge in [-0.25, -0.2) is 0 Å². The van der Waals surface area contributed by atoms with Crippen LogP contribution in [0.5, 0.6) is 5.75 Å². The standard InChI is InChI=1S/C14H21NO2/c15-10-14(6-4-12(16)5-7-14)9-11-2-1-3-13(17)8-11/h1-3,8,12,16-17H,4-7,9-10,15H2. The van der Waals surface area contributed by atoms with E-state index < -0.39 is 0 Å². The topological polar surface area (TPSA) is 66.5 Å². The maximum absolute atomic E-state index is 9.57. The number of phenols is 1. The van der Waals surface area contributed by atoms with Gasteiger partial charge in [-0.1, -0.05) is 12.1 Å². The van der Waals surface area contributed by atoms with E-state index in [1.165, 1.54) is 0 Å². The largest absolute Gasteiger partial charge is 0.508 e. The van der Waals surface area contributed by atoms with Crippen molar-refractivity contribution in [3.05, 3.63) is 29.8 Å². The average Bonchev–Trinajstić information content (AvgIpc) is 2.33. The van der Waals surface area contributed by atoms with Crippen molar-refractivity contribution < 1.29 is 10.2 Å². The monoisotopic (exact) mass is 235 g/mol. The predicted molar refractivity (Wildman–Crippen MR) is 67.8 cm³/mol. The summed E-state index contributed by atoms with van der Waals surface area (Å²) in [5, 5.41) is 19.0. The van der Waals surface area contributed by atoms with Crippen molar-refractivity contribution in [3.63, 3.8) is 0 Å². The zero-order chi connectivity index (χ0) is 12.3. The van der Waals surface area contributed by atoms with Crippen LogP contribution in [0.1, 0.15) is 31.2 Å². The van der Waals surface area contributed by atoms with Crippen LogP contribution in [0.4, 0.5) is 0 Å². The van der Waals surface area contributed by atoms with E-state index in [4.69, 9.17) is 5.73 Å². The van der Waals surface area contributed by atoms with E-state index in [-0.39, 0.29) is 11.5 Å². The number of aliphatic hydroxyl groups excluding tert-OH is 1. The molecule has 1 aliphatic rings. The summed E-state index contributed by atoms with van der Waals surface area (Å²) in [6, 6.07) is 7.39. The highest BCUT2D eigenvalue weighted by atomic mass is 16.3. The molecule has 1 aromatic carbocycles. The zero-order valence-electron chi connectivity index (χ0n) is 10.1. The maximum Gasteiger partial charge on any atom is 0.115 e. The van der Waals surface area contributed by atoms with Crippen molar-refractivity contribution in [1.29, 1.82) is 0 Å². The molecule has 3 heteroatoms. The number of hydrogen-bond acceptors (Lipinski definition) is 3. The molecule has 1 aromatic rings. The lowest BCUT2D eigenvalue weighted by Gasteiger charge is -2.38. The summed E-state index contributed by atoms with van der Waals surface area (Å²) in [6.07, 6.45) is 4.37. The molecular weight excluding hydrogens is 214 g/mol. The first-order valence-electron chi connectivity index (χ1n) is 6.30. The molecule has 17 heavy (non-hydrogen) atoms. The fraction of sp³-hybridized carbons (Fsp3) is 0.571. The van der Waals surface area contributed by atoms with Crippen LogP contribution in [0.3, 0.4) is 0 Å². The van der Waals surface area contributed by atoms with Crippen molar-refractivity contribution in [3.8, 4) is 5.75 Å². The SMILES string of the molecule is NCC1(Cc2cccc(O)c2)CCC(O)CC1. The van der Waals surface area contributed by atoms with Gasteiger partial charge < -0.3 is 15.9 Å². The normalized spacial score (nSPS) is 29.2. The molecule has 94 valence electrons. The lowest BCUT2D eigenvalue weighted by Crippen LogP contribution is -2.38. The van der Waals surface area contributed by atoms with Gasteiger partial charge in [-0.05, 0) is 61.8 Å². The molecule has 0 aromatic heterocycles. The van der Waals surface area contributed by atoms with Crippen molar-refractivity contribution >= 4 is 0 Å². The second kappa shape index (κ2) is 5.07. The summed E-state index contributed by atoms with van der Waals surface area (Å²) >= 11 is 0. The fourth-order valence-corrected chi connectivity index (χ4v) is 2.77. The number of aromatic hydroxyl groups is 1. The molecule has 2 rings (SSSR count). The van der Waals surface area contributed by atoms with Crippen LogP contribution in [0.25, 0.3) is 0 Å². The highest BCUT2D eigenvalue weighted by Gasteiger charge is 2.33.